The summed E-state index contributed by atoms with van der Waals surface area (Å²) in [4.78, 5) is 25.8. The van der Waals surface area contributed by atoms with Crippen molar-refractivity contribution in [1.29, 1.82) is 5.26 Å². The van der Waals surface area contributed by atoms with Gasteiger partial charge in [-0.3, -0.25) is 4.79 Å². The van der Waals surface area contributed by atoms with Crippen LogP contribution in [-0.2, 0) is 4.74 Å². The average molecular weight is 433 g/mol. The van der Waals surface area contributed by atoms with E-state index in [-0.39, 0.29) is 11.7 Å². The summed E-state index contributed by atoms with van der Waals surface area (Å²) in [6, 6.07) is 7.85. The smallest absolute Gasteiger partial charge is 0.348 e. The normalized spacial score (nSPS) is 10.9. The van der Waals surface area contributed by atoms with Crippen LogP contribution in [-0.4, -0.2) is 18.0 Å². The summed E-state index contributed by atoms with van der Waals surface area (Å²) in [5, 5.41) is 13.7. The van der Waals surface area contributed by atoms with Crippen LogP contribution < -0.4 is 5.32 Å². The Morgan fingerprint density at radius 2 is 1.93 bits per heavy atom. The van der Waals surface area contributed by atoms with Gasteiger partial charge in [0.2, 0.25) is 0 Å². The lowest BCUT2D eigenvalue weighted by atomic mass is 10.1. The Morgan fingerprint density at radius 3 is 2.57 bits per heavy atom. The molecule has 0 bridgehead atoms. The number of nitrogens with one attached hydrogen (secondary N) is 1. The first-order chi connectivity index (χ1) is 13.2. The minimum absolute atomic E-state index is 0.252. The third-order valence-corrected chi connectivity index (χ3v) is 6.85. The lowest BCUT2D eigenvalue weighted by Crippen LogP contribution is -2.11. The number of halogens is 1. The molecule has 0 aliphatic heterocycles. The Bertz CT molecular complexity index is 1140. The van der Waals surface area contributed by atoms with Gasteiger partial charge in [0.05, 0.1) is 16.7 Å². The van der Waals surface area contributed by atoms with E-state index >= 15 is 0 Å². The van der Waals surface area contributed by atoms with Crippen molar-refractivity contribution in [2.24, 2.45) is 0 Å². The van der Waals surface area contributed by atoms with E-state index in [9.17, 15) is 14.9 Å². The van der Waals surface area contributed by atoms with E-state index in [4.69, 9.17) is 16.3 Å². The van der Waals surface area contributed by atoms with Crippen molar-refractivity contribution < 1.29 is 14.3 Å². The van der Waals surface area contributed by atoms with Crippen LogP contribution in [0.15, 0.2) is 18.2 Å². The van der Waals surface area contributed by atoms with Gasteiger partial charge in [0, 0.05) is 10.1 Å². The van der Waals surface area contributed by atoms with Gasteiger partial charge in [-0.2, -0.15) is 5.26 Å². The number of rotatable bonds is 4. The monoisotopic (exact) mass is 432 g/mol. The summed E-state index contributed by atoms with van der Waals surface area (Å²) in [5.41, 5.74) is 1.82. The lowest BCUT2D eigenvalue weighted by molar-refractivity contribution is 0.0383. The second-order valence-corrected chi connectivity index (χ2v) is 8.98. The highest BCUT2D eigenvalue weighted by Gasteiger charge is 2.25. The van der Waals surface area contributed by atoms with Gasteiger partial charge >= 0.3 is 5.97 Å². The number of thiophene rings is 2. The molecule has 144 valence electrons. The number of nitriles is 1. The predicted octanol–water partition coefficient (Wildman–Crippen LogP) is 5.92. The minimum atomic E-state index is -0.509. The van der Waals surface area contributed by atoms with Gasteiger partial charge in [0.15, 0.2) is 0 Å². The fourth-order valence-corrected chi connectivity index (χ4v) is 5.22. The second-order valence-electron chi connectivity index (χ2n) is 6.53. The number of aryl methyl sites for hydroxylation is 1. The number of ether oxygens (including phenoxy) is 1. The number of hydrogen-bond donors (Lipinski definition) is 1. The molecule has 1 N–H and O–H groups in total. The zero-order valence-corrected chi connectivity index (χ0v) is 18.1. The number of carbonyl (C=O) groups is 2. The highest BCUT2D eigenvalue weighted by Crippen LogP contribution is 2.38. The van der Waals surface area contributed by atoms with E-state index in [1.807, 2.05) is 25.1 Å². The molecular formula is C20H17ClN2O3S2. The Kier molecular flexibility index (Phi) is 5.75. The summed E-state index contributed by atoms with van der Waals surface area (Å²) in [6.45, 7) is 7.13. The van der Waals surface area contributed by atoms with Gasteiger partial charge in [-0.25, -0.2) is 4.79 Å². The van der Waals surface area contributed by atoms with Crippen LogP contribution in [0.2, 0.25) is 5.02 Å². The fraction of sp³-hybridized carbons (Fsp3) is 0.250. The van der Waals surface area contributed by atoms with Crippen LogP contribution in [0.3, 0.4) is 0 Å². The molecule has 3 rings (SSSR count). The highest BCUT2D eigenvalue weighted by molar-refractivity contribution is 7.22. The largest absolute Gasteiger partial charge is 0.459 e. The third-order valence-electron chi connectivity index (χ3n) is 4.00. The standard InChI is InChI=1S/C20H17ClN2O3S2/c1-9(2)26-20(25)16-11(4)13(8-22)19(28-16)23-18(24)17-15(21)12-6-5-10(3)7-14(12)27-17/h5-7,9H,1-4H3,(H,23,24). The number of nitrogens with zero attached hydrogens (tertiary/aromatic N) is 1. The van der Waals surface area contributed by atoms with Crippen LogP contribution in [0.5, 0.6) is 0 Å². The van der Waals surface area contributed by atoms with Gasteiger partial charge in [0.25, 0.3) is 5.91 Å². The number of anilines is 1. The summed E-state index contributed by atoms with van der Waals surface area (Å²) in [6.07, 6.45) is -0.279. The summed E-state index contributed by atoms with van der Waals surface area (Å²) in [7, 11) is 0. The first-order valence-electron chi connectivity index (χ1n) is 8.47. The summed E-state index contributed by atoms with van der Waals surface area (Å²) >= 11 is 8.72. The van der Waals surface area contributed by atoms with Crippen LogP contribution in [0.4, 0.5) is 5.00 Å². The Morgan fingerprint density at radius 1 is 1.21 bits per heavy atom. The maximum atomic E-state index is 12.8. The zero-order chi connectivity index (χ0) is 20.6. The SMILES string of the molecule is Cc1ccc2c(Cl)c(C(=O)Nc3sc(C(=O)OC(C)C)c(C)c3C#N)sc2c1. The van der Waals surface area contributed by atoms with Crippen LogP contribution >= 0.6 is 34.3 Å². The Hall–Kier alpha value is -2.40. The molecule has 0 spiro atoms. The molecule has 0 fully saturated rings. The van der Waals surface area contributed by atoms with Crippen molar-refractivity contribution in [3.63, 3.8) is 0 Å². The topological polar surface area (TPSA) is 79.2 Å². The molecule has 0 atom stereocenters. The van der Waals surface area contributed by atoms with E-state index in [2.05, 4.69) is 11.4 Å². The number of hydrogen-bond acceptors (Lipinski definition) is 6. The average Bonchev–Trinajstić information content (AvgIpc) is 3.11. The predicted molar refractivity (Wildman–Crippen MR) is 114 cm³/mol. The molecule has 28 heavy (non-hydrogen) atoms. The van der Waals surface area contributed by atoms with Gasteiger partial charge in [-0.1, -0.05) is 23.7 Å². The Balaban J connectivity index is 1.96. The van der Waals surface area contributed by atoms with E-state index in [0.29, 0.717) is 25.3 Å². The molecular weight excluding hydrogens is 416 g/mol. The van der Waals surface area contributed by atoms with E-state index in [0.717, 1.165) is 27.0 Å². The fourth-order valence-electron chi connectivity index (χ4n) is 2.68. The maximum Gasteiger partial charge on any atom is 0.348 e. The molecule has 0 aliphatic carbocycles. The van der Waals surface area contributed by atoms with Crippen molar-refractivity contribution in [3.05, 3.63) is 49.7 Å². The molecule has 1 amide bonds. The Labute approximate surface area is 175 Å². The highest BCUT2D eigenvalue weighted by atomic mass is 35.5. The summed E-state index contributed by atoms with van der Waals surface area (Å²) in [5.74, 6) is -0.921. The quantitative estimate of drug-likeness (QED) is 0.518. The zero-order valence-electron chi connectivity index (χ0n) is 15.7. The molecule has 2 heterocycles. The third kappa shape index (κ3) is 3.76. The molecule has 8 heteroatoms. The van der Waals surface area contributed by atoms with Crippen LogP contribution in [0.25, 0.3) is 10.1 Å². The van der Waals surface area contributed by atoms with Crippen LogP contribution in [0, 0.1) is 25.2 Å². The van der Waals surface area contributed by atoms with Gasteiger partial charge in [0.1, 0.15) is 20.8 Å². The number of amides is 1. The van der Waals surface area contributed by atoms with Crippen molar-refractivity contribution in [1.82, 2.24) is 0 Å². The second kappa shape index (κ2) is 7.92. The lowest BCUT2D eigenvalue weighted by Gasteiger charge is -2.06. The molecule has 0 aliphatic rings. The minimum Gasteiger partial charge on any atom is -0.459 e. The first-order valence-corrected chi connectivity index (χ1v) is 10.5. The molecule has 1 aromatic carbocycles. The van der Waals surface area contributed by atoms with Gasteiger partial charge < -0.3 is 10.1 Å². The number of esters is 1. The molecule has 5 nitrogen and oxygen atoms in total. The molecule has 0 saturated heterocycles. The molecule has 3 aromatic rings. The van der Waals surface area contributed by atoms with Crippen molar-refractivity contribution in [3.8, 4) is 6.07 Å². The number of carbonyl (C=O) groups excluding carboxylic acids is 2. The van der Waals surface area contributed by atoms with Gasteiger partial charge in [-0.15, -0.1) is 22.7 Å². The molecule has 0 saturated carbocycles. The first kappa shape index (κ1) is 20.3. The number of fused-ring (bicyclic) bond motifs is 1. The van der Waals surface area contributed by atoms with E-state index in [1.165, 1.54) is 11.3 Å². The van der Waals surface area contributed by atoms with Crippen molar-refractivity contribution in [2.45, 2.75) is 33.8 Å². The van der Waals surface area contributed by atoms with Crippen LogP contribution in [0.1, 0.15) is 49.9 Å². The maximum absolute atomic E-state index is 12.8. The molecule has 0 radical (unpaired) electrons. The molecule has 0 unspecified atom stereocenters. The van der Waals surface area contributed by atoms with Crippen molar-refractivity contribution >= 4 is 61.2 Å². The van der Waals surface area contributed by atoms with Crippen molar-refractivity contribution in [2.75, 3.05) is 5.32 Å². The number of benzene rings is 1. The van der Waals surface area contributed by atoms with E-state index < -0.39 is 11.9 Å². The summed E-state index contributed by atoms with van der Waals surface area (Å²) < 4.78 is 6.14. The van der Waals surface area contributed by atoms with Gasteiger partial charge in [-0.05, 0) is 44.9 Å². The van der Waals surface area contributed by atoms with E-state index in [1.54, 1.807) is 20.8 Å². The molecule has 2 aromatic heterocycles.